The molecule has 0 spiro atoms. The summed E-state index contributed by atoms with van der Waals surface area (Å²) in [5.41, 5.74) is 0.375. The lowest BCUT2D eigenvalue weighted by atomic mass is 10.0. The highest BCUT2D eigenvalue weighted by molar-refractivity contribution is 7.85. The first-order chi connectivity index (χ1) is 18.7. The van der Waals surface area contributed by atoms with Crippen LogP contribution in [0.25, 0.3) is 22.2 Å². The second-order valence-electron chi connectivity index (χ2n) is 8.64. The summed E-state index contributed by atoms with van der Waals surface area (Å²) >= 11 is 0. The van der Waals surface area contributed by atoms with E-state index in [1.54, 1.807) is 24.4 Å². The number of hydrogen-bond acceptors (Lipinski definition) is 6. The van der Waals surface area contributed by atoms with Crippen LogP contribution in [0.2, 0.25) is 0 Å². The first kappa shape index (κ1) is 28.0. The van der Waals surface area contributed by atoms with Crippen molar-refractivity contribution in [3.63, 3.8) is 0 Å². The molecular weight excluding hydrogens is 530 g/mol. The summed E-state index contributed by atoms with van der Waals surface area (Å²) < 4.78 is 50.7. The summed E-state index contributed by atoms with van der Waals surface area (Å²) in [6.45, 7) is 4.17. The average Bonchev–Trinajstić information content (AvgIpc) is 3.29. The summed E-state index contributed by atoms with van der Waals surface area (Å²) in [5.74, 6) is -4.08. The summed E-state index contributed by atoms with van der Waals surface area (Å²) in [4.78, 5) is 29.4. The van der Waals surface area contributed by atoms with Gasteiger partial charge in [-0.1, -0.05) is 25.5 Å². The standard InChI is InChI=1S/C27H26F2N4O5S/c1-4-6-21(38-5-2)33-26-19(13-17(14-30-26)15-7-9-16(10-8-15)27(35)36)23(31-33)25(34)18-11-12-20(28)24(22(18)29)32-39(3)37/h7-14,21,32H,4-6H2,1-3H3,(H,35,36). The predicted octanol–water partition coefficient (Wildman–Crippen LogP) is 5.35. The van der Waals surface area contributed by atoms with Gasteiger partial charge in [-0.15, -0.1) is 0 Å². The zero-order valence-electron chi connectivity index (χ0n) is 21.4. The largest absolute Gasteiger partial charge is 0.478 e. The van der Waals surface area contributed by atoms with Gasteiger partial charge in [0, 0.05) is 24.6 Å². The fraction of sp³-hybridized carbons (Fsp3) is 0.259. The van der Waals surface area contributed by atoms with Crippen molar-refractivity contribution in [2.75, 3.05) is 17.6 Å². The van der Waals surface area contributed by atoms with Gasteiger partial charge in [-0.25, -0.2) is 27.5 Å². The molecule has 2 N–H and O–H groups in total. The Kier molecular flexibility index (Phi) is 8.46. The van der Waals surface area contributed by atoms with E-state index in [1.165, 1.54) is 23.1 Å². The molecular formula is C27H26F2N4O5S. The third-order valence-corrected chi connectivity index (χ3v) is 6.47. The molecule has 0 bridgehead atoms. The Bertz CT molecular complexity index is 1570. The van der Waals surface area contributed by atoms with Crippen LogP contribution in [-0.2, 0) is 15.7 Å². The van der Waals surface area contributed by atoms with Gasteiger partial charge in [0.1, 0.15) is 28.2 Å². The molecule has 0 saturated heterocycles. The maximum Gasteiger partial charge on any atom is 0.335 e. The highest BCUT2D eigenvalue weighted by Gasteiger charge is 2.27. The summed E-state index contributed by atoms with van der Waals surface area (Å²) in [5, 5.41) is 14.0. The lowest BCUT2D eigenvalue weighted by molar-refractivity contribution is -0.00232. The molecule has 2 aromatic heterocycles. The number of ketones is 1. The Morgan fingerprint density at radius 2 is 1.85 bits per heavy atom. The summed E-state index contributed by atoms with van der Waals surface area (Å²) in [7, 11) is -1.79. The molecule has 0 radical (unpaired) electrons. The molecule has 2 atom stereocenters. The van der Waals surface area contributed by atoms with E-state index in [1.807, 2.05) is 13.8 Å². The van der Waals surface area contributed by atoms with Crippen molar-refractivity contribution in [3.8, 4) is 11.1 Å². The number of carbonyl (C=O) groups is 2. The van der Waals surface area contributed by atoms with E-state index in [2.05, 4.69) is 14.8 Å². The van der Waals surface area contributed by atoms with E-state index in [0.717, 1.165) is 18.6 Å². The molecule has 0 aliphatic heterocycles. The van der Waals surface area contributed by atoms with Gasteiger partial charge in [-0.05, 0) is 49.2 Å². The fourth-order valence-electron chi connectivity index (χ4n) is 4.16. The van der Waals surface area contributed by atoms with Crippen LogP contribution in [0.5, 0.6) is 0 Å². The molecule has 4 aromatic rings. The molecule has 9 nitrogen and oxygen atoms in total. The van der Waals surface area contributed by atoms with Crippen LogP contribution in [-0.4, -0.2) is 48.7 Å². The van der Waals surface area contributed by atoms with Crippen molar-refractivity contribution < 1.29 is 32.4 Å². The molecule has 0 aliphatic rings. The lowest BCUT2D eigenvalue weighted by Crippen LogP contribution is -2.16. The van der Waals surface area contributed by atoms with Crippen LogP contribution >= 0.6 is 0 Å². The second-order valence-corrected chi connectivity index (χ2v) is 9.75. The van der Waals surface area contributed by atoms with Crippen LogP contribution in [0, 0.1) is 11.6 Å². The number of hydrogen-bond donors (Lipinski definition) is 2. The van der Waals surface area contributed by atoms with Gasteiger partial charge in [0.25, 0.3) is 0 Å². The van der Waals surface area contributed by atoms with Crippen molar-refractivity contribution in [2.45, 2.75) is 32.9 Å². The molecule has 0 aliphatic carbocycles. The maximum absolute atomic E-state index is 15.3. The van der Waals surface area contributed by atoms with Gasteiger partial charge >= 0.3 is 5.97 Å². The number of carboxylic acid groups (broad SMARTS) is 1. The third kappa shape index (κ3) is 5.71. The second kappa shape index (κ2) is 11.8. The van der Waals surface area contributed by atoms with Crippen molar-refractivity contribution >= 4 is 39.5 Å². The van der Waals surface area contributed by atoms with E-state index in [4.69, 9.17) is 4.74 Å². The smallest absolute Gasteiger partial charge is 0.335 e. The molecule has 2 heterocycles. The SMILES string of the molecule is CCCC(OCC)n1nc(C(=O)c2ccc(F)c(NS(C)=O)c2F)c2cc(-c3ccc(C(=O)O)cc3)cnc21. The predicted molar refractivity (Wildman–Crippen MR) is 143 cm³/mol. The average molecular weight is 557 g/mol. The van der Waals surface area contributed by atoms with Gasteiger partial charge in [0.05, 0.1) is 16.5 Å². The van der Waals surface area contributed by atoms with Crippen LogP contribution in [0.1, 0.15) is 59.3 Å². The Hall–Kier alpha value is -4.03. The highest BCUT2D eigenvalue weighted by Crippen LogP contribution is 2.31. The molecule has 0 fully saturated rings. The Balaban J connectivity index is 1.91. The minimum atomic E-state index is -1.79. The quantitative estimate of drug-likeness (QED) is 0.239. The van der Waals surface area contributed by atoms with Crippen LogP contribution in [0.3, 0.4) is 0 Å². The zero-order valence-corrected chi connectivity index (χ0v) is 22.2. The molecule has 0 amide bonds. The van der Waals surface area contributed by atoms with E-state index < -0.39 is 51.9 Å². The monoisotopic (exact) mass is 556 g/mol. The number of carboxylic acids is 1. The molecule has 12 heteroatoms. The first-order valence-electron chi connectivity index (χ1n) is 12.1. The summed E-state index contributed by atoms with van der Waals surface area (Å²) in [6.07, 6.45) is 3.55. The molecule has 4 rings (SSSR count). The maximum atomic E-state index is 15.3. The first-order valence-corrected chi connectivity index (χ1v) is 13.7. The number of anilines is 1. The number of fused-ring (bicyclic) bond motifs is 1. The Labute approximate surface area is 225 Å². The number of halogens is 2. The zero-order chi connectivity index (χ0) is 28.3. The van der Waals surface area contributed by atoms with Gasteiger partial charge in [0.15, 0.2) is 17.7 Å². The molecule has 0 saturated carbocycles. The lowest BCUT2D eigenvalue weighted by Gasteiger charge is -2.17. The van der Waals surface area contributed by atoms with Crippen LogP contribution in [0.15, 0.2) is 48.7 Å². The number of ether oxygens (including phenoxy) is 1. The minimum absolute atomic E-state index is 0.111. The van der Waals surface area contributed by atoms with E-state index in [0.29, 0.717) is 35.2 Å². The van der Waals surface area contributed by atoms with Gasteiger partial charge < -0.3 is 14.6 Å². The topological polar surface area (TPSA) is 123 Å². The van der Waals surface area contributed by atoms with Crippen LogP contribution < -0.4 is 4.72 Å². The number of pyridine rings is 1. The van der Waals surface area contributed by atoms with Gasteiger partial charge in [-0.3, -0.25) is 4.79 Å². The molecule has 2 aromatic carbocycles. The number of nitrogens with one attached hydrogen (secondary N) is 1. The van der Waals surface area contributed by atoms with Crippen molar-refractivity contribution in [3.05, 3.63) is 77.1 Å². The number of carbonyl (C=O) groups excluding carboxylic acids is 1. The van der Waals surface area contributed by atoms with Crippen molar-refractivity contribution in [1.82, 2.24) is 14.8 Å². The van der Waals surface area contributed by atoms with Gasteiger partial charge in [0.2, 0.25) is 5.78 Å². The minimum Gasteiger partial charge on any atom is -0.478 e. The number of nitrogens with zero attached hydrogens (tertiary/aromatic N) is 3. The Morgan fingerprint density at radius 3 is 2.46 bits per heavy atom. The number of benzene rings is 2. The molecule has 2 unspecified atom stereocenters. The van der Waals surface area contributed by atoms with E-state index in [-0.39, 0.29) is 11.3 Å². The summed E-state index contributed by atoms with van der Waals surface area (Å²) in [6, 6.07) is 9.70. The Morgan fingerprint density at radius 1 is 1.13 bits per heavy atom. The fourth-order valence-corrected chi connectivity index (χ4v) is 4.64. The highest BCUT2D eigenvalue weighted by atomic mass is 32.2. The molecule has 204 valence electrons. The van der Waals surface area contributed by atoms with E-state index in [9.17, 15) is 23.3 Å². The number of aromatic nitrogens is 3. The number of rotatable bonds is 11. The normalized spacial score (nSPS) is 12.8. The third-order valence-electron chi connectivity index (χ3n) is 5.98. The molecule has 39 heavy (non-hydrogen) atoms. The van der Waals surface area contributed by atoms with Crippen LogP contribution in [0.4, 0.5) is 14.5 Å². The van der Waals surface area contributed by atoms with E-state index >= 15 is 4.39 Å². The number of aromatic carboxylic acids is 1. The van der Waals surface area contributed by atoms with Crippen molar-refractivity contribution in [2.24, 2.45) is 0 Å². The van der Waals surface area contributed by atoms with Gasteiger partial charge in [-0.2, -0.15) is 5.10 Å². The van der Waals surface area contributed by atoms with Crippen molar-refractivity contribution in [1.29, 1.82) is 0 Å².